The van der Waals surface area contributed by atoms with E-state index in [-0.39, 0.29) is 5.75 Å². The van der Waals surface area contributed by atoms with Crippen LogP contribution in [0.3, 0.4) is 0 Å². The fraction of sp³-hybridized carbons (Fsp3) is 0. The Bertz CT molecular complexity index is 718. The average molecular weight is 323 g/mol. The molecule has 0 aliphatic carbocycles. The van der Waals surface area contributed by atoms with Gasteiger partial charge < -0.3 is 10.1 Å². The summed E-state index contributed by atoms with van der Waals surface area (Å²) in [6, 6.07) is 11.0. The summed E-state index contributed by atoms with van der Waals surface area (Å²) in [6.07, 6.45) is 1.94. The Morgan fingerprint density at radius 2 is 1.83 bits per heavy atom. The molecule has 0 saturated heterocycles. The van der Waals surface area contributed by atoms with E-state index in [4.69, 9.17) is 11.6 Å². The van der Waals surface area contributed by atoms with E-state index in [0.29, 0.717) is 5.02 Å². The van der Waals surface area contributed by atoms with Crippen LogP contribution in [0.1, 0.15) is 0 Å². The summed E-state index contributed by atoms with van der Waals surface area (Å²) < 4.78 is 0.872. The maximum absolute atomic E-state index is 9.32. The van der Waals surface area contributed by atoms with Crippen LogP contribution >= 0.6 is 27.5 Å². The lowest BCUT2D eigenvalue weighted by atomic mass is 10.0. The number of benzene rings is 2. The molecule has 0 amide bonds. The van der Waals surface area contributed by atoms with Gasteiger partial charge in [-0.3, -0.25) is 0 Å². The van der Waals surface area contributed by atoms with Crippen LogP contribution in [-0.2, 0) is 0 Å². The van der Waals surface area contributed by atoms with Crippen molar-refractivity contribution >= 4 is 38.4 Å². The van der Waals surface area contributed by atoms with Gasteiger partial charge in [-0.2, -0.15) is 0 Å². The van der Waals surface area contributed by atoms with Gasteiger partial charge in [0.1, 0.15) is 5.75 Å². The van der Waals surface area contributed by atoms with Crippen molar-refractivity contribution in [3.63, 3.8) is 0 Å². The number of fused-ring (bicyclic) bond motifs is 1. The Labute approximate surface area is 117 Å². The predicted octanol–water partition coefficient (Wildman–Crippen LogP) is 4.96. The van der Waals surface area contributed by atoms with Crippen molar-refractivity contribution in [3.05, 3.63) is 52.1 Å². The van der Waals surface area contributed by atoms with Gasteiger partial charge in [0.05, 0.1) is 5.02 Å². The molecule has 0 aliphatic heterocycles. The highest BCUT2D eigenvalue weighted by Crippen LogP contribution is 2.34. The van der Waals surface area contributed by atoms with Crippen molar-refractivity contribution in [1.29, 1.82) is 0 Å². The van der Waals surface area contributed by atoms with E-state index < -0.39 is 0 Å². The van der Waals surface area contributed by atoms with Crippen LogP contribution in [0.15, 0.2) is 47.1 Å². The van der Waals surface area contributed by atoms with Crippen molar-refractivity contribution in [3.8, 4) is 16.9 Å². The second-order valence-corrected chi connectivity index (χ2v) is 5.32. The molecule has 4 heteroatoms. The number of halogens is 2. The molecule has 0 saturated carbocycles. The zero-order valence-electron chi connectivity index (χ0n) is 9.24. The van der Waals surface area contributed by atoms with Gasteiger partial charge in [0, 0.05) is 27.1 Å². The van der Waals surface area contributed by atoms with Crippen molar-refractivity contribution < 1.29 is 5.11 Å². The van der Waals surface area contributed by atoms with Gasteiger partial charge in [-0.15, -0.1) is 0 Å². The second-order valence-electron chi connectivity index (χ2n) is 4.06. The van der Waals surface area contributed by atoms with Gasteiger partial charge >= 0.3 is 0 Å². The zero-order valence-corrected chi connectivity index (χ0v) is 11.6. The van der Waals surface area contributed by atoms with Gasteiger partial charge in [0.2, 0.25) is 0 Å². The van der Waals surface area contributed by atoms with E-state index in [1.807, 2.05) is 30.5 Å². The Hall–Kier alpha value is -1.45. The third kappa shape index (κ3) is 1.89. The first-order chi connectivity index (χ1) is 8.65. The first-order valence-electron chi connectivity index (χ1n) is 5.40. The number of phenols is 1. The summed E-state index contributed by atoms with van der Waals surface area (Å²) in [6.45, 7) is 0. The summed E-state index contributed by atoms with van der Waals surface area (Å²) in [4.78, 5) is 3.20. The van der Waals surface area contributed by atoms with Crippen LogP contribution in [0.25, 0.3) is 22.0 Å². The molecule has 1 heterocycles. The molecule has 2 aromatic carbocycles. The quantitative estimate of drug-likeness (QED) is 0.653. The number of H-pyrrole nitrogens is 1. The highest BCUT2D eigenvalue weighted by Gasteiger charge is 2.08. The van der Waals surface area contributed by atoms with E-state index in [0.717, 1.165) is 26.5 Å². The molecule has 2 nitrogen and oxygen atoms in total. The second kappa shape index (κ2) is 4.34. The number of aromatic hydroxyl groups is 1. The number of aromatic amines is 1. The Balaban J connectivity index is 2.23. The standard InChI is InChI=1S/C14H9BrClNO/c15-12-5-10-11(7-17-14(10)6-13(12)16)8-1-3-9(18)4-2-8/h1-7,17-18H. The van der Waals surface area contributed by atoms with E-state index in [1.54, 1.807) is 12.1 Å². The molecule has 2 N–H and O–H groups in total. The van der Waals surface area contributed by atoms with Crippen LogP contribution < -0.4 is 0 Å². The van der Waals surface area contributed by atoms with Crippen molar-refractivity contribution in [1.82, 2.24) is 4.98 Å². The molecular formula is C14H9BrClNO. The van der Waals surface area contributed by atoms with Gasteiger partial charge in [-0.1, -0.05) is 23.7 Å². The van der Waals surface area contributed by atoms with Crippen LogP contribution in [0.5, 0.6) is 5.75 Å². The minimum absolute atomic E-state index is 0.266. The first kappa shape index (κ1) is 11.6. The van der Waals surface area contributed by atoms with E-state index in [9.17, 15) is 5.11 Å². The molecule has 0 atom stereocenters. The Morgan fingerprint density at radius 3 is 2.56 bits per heavy atom. The largest absolute Gasteiger partial charge is 0.508 e. The minimum atomic E-state index is 0.266. The molecular weight excluding hydrogens is 314 g/mol. The lowest BCUT2D eigenvalue weighted by molar-refractivity contribution is 0.475. The number of nitrogens with one attached hydrogen (secondary N) is 1. The summed E-state index contributed by atoms with van der Waals surface area (Å²) in [5, 5.41) is 11.1. The lowest BCUT2D eigenvalue weighted by Gasteiger charge is -2.01. The fourth-order valence-electron chi connectivity index (χ4n) is 2.00. The average Bonchev–Trinajstić information content (AvgIpc) is 2.74. The van der Waals surface area contributed by atoms with Crippen molar-refractivity contribution in [2.75, 3.05) is 0 Å². The third-order valence-electron chi connectivity index (χ3n) is 2.90. The van der Waals surface area contributed by atoms with E-state index >= 15 is 0 Å². The summed E-state index contributed by atoms with van der Waals surface area (Å²) in [5.41, 5.74) is 3.13. The molecule has 3 rings (SSSR count). The molecule has 90 valence electrons. The van der Waals surface area contributed by atoms with Gasteiger partial charge in [0.15, 0.2) is 0 Å². The Morgan fingerprint density at radius 1 is 1.11 bits per heavy atom. The molecule has 0 fully saturated rings. The fourth-order valence-corrected chi connectivity index (χ4v) is 2.50. The summed E-state index contributed by atoms with van der Waals surface area (Å²) >= 11 is 9.50. The summed E-state index contributed by atoms with van der Waals surface area (Å²) in [5.74, 6) is 0.266. The van der Waals surface area contributed by atoms with Crippen molar-refractivity contribution in [2.24, 2.45) is 0 Å². The molecule has 3 aromatic rings. The van der Waals surface area contributed by atoms with E-state index in [1.165, 1.54) is 0 Å². The number of hydrogen-bond acceptors (Lipinski definition) is 1. The Kier molecular flexibility index (Phi) is 2.80. The third-order valence-corrected chi connectivity index (χ3v) is 4.10. The SMILES string of the molecule is Oc1ccc(-c2c[nH]c3cc(Cl)c(Br)cc23)cc1. The van der Waals surface area contributed by atoms with Gasteiger partial charge in [-0.05, 0) is 45.8 Å². The van der Waals surface area contributed by atoms with Crippen molar-refractivity contribution in [2.45, 2.75) is 0 Å². The van der Waals surface area contributed by atoms with Crippen LogP contribution in [0.4, 0.5) is 0 Å². The molecule has 0 radical (unpaired) electrons. The monoisotopic (exact) mass is 321 g/mol. The molecule has 1 aromatic heterocycles. The minimum Gasteiger partial charge on any atom is -0.508 e. The van der Waals surface area contributed by atoms with Crippen LogP contribution in [0, 0.1) is 0 Å². The molecule has 0 spiro atoms. The summed E-state index contributed by atoms with van der Waals surface area (Å²) in [7, 11) is 0. The van der Waals surface area contributed by atoms with Crippen LogP contribution in [0.2, 0.25) is 5.02 Å². The number of phenolic OH excluding ortho intramolecular Hbond substituents is 1. The normalized spacial score (nSPS) is 11.0. The smallest absolute Gasteiger partial charge is 0.115 e. The lowest BCUT2D eigenvalue weighted by Crippen LogP contribution is -1.76. The van der Waals surface area contributed by atoms with E-state index in [2.05, 4.69) is 20.9 Å². The van der Waals surface area contributed by atoms with Crippen LogP contribution in [-0.4, -0.2) is 10.1 Å². The molecule has 0 bridgehead atoms. The highest BCUT2D eigenvalue weighted by molar-refractivity contribution is 9.10. The number of rotatable bonds is 1. The molecule has 0 aliphatic rings. The maximum Gasteiger partial charge on any atom is 0.115 e. The highest BCUT2D eigenvalue weighted by atomic mass is 79.9. The number of hydrogen-bond donors (Lipinski definition) is 2. The number of aromatic nitrogens is 1. The van der Waals surface area contributed by atoms with Gasteiger partial charge in [-0.25, -0.2) is 0 Å². The first-order valence-corrected chi connectivity index (χ1v) is 6.58. The zero-order chi connectivity index (χ0) is 12.7. The molecule has 0 unspecified atom stereocenters. The topological polar surface area (TPSA) is 36.0 Å². The molecule has 18 heavy (non-hydrogen) atoms. The van der Waals surface area contributed by atoms with Gasteiger partial charge in [0.25, 0.3) is 0 Å². The maximum atomic E-state index is 9.32. The predicted molar refractivity (Wildman–Crippen MR) is 78.1 cm³/mol.